The molecule has 29 heavy (non-hydrogen) atoms. The van der Waals surface area contributed by atoms with E-state index in [4.69, 9.17) is 28.6 Å². The average molecular weight is 449 g/mol. The van der Waals surface area contributed by atoms with Crippen LogP contribution in [0.4, 0.5) is 10.8 Å². The Morgan fingerprint density at radius 1 is 1.28 bits per heavy atom. The van der Waals surface area contributed by atoms with E-state index in [0.717, 1.165) is 22.6 Å². The van der Waals surface area contributed by atoms with Crippen molar-refractivity contribution in [2.24, 2.45) is 0 Å². The Morgan fingerprint density at radius 3 is 2.66 bits per heavy atom. The number of esters is 1. The SMILES string of the molecule is CCc1cc(C(=O)OC)c(NC(=S)Nc2cc(C)n(Cc3ccc(Cl)cc3)n2)s1. The predicted octanol–water partition coefficient (Wildman–Crippen LogP) is 5.11. The van der Waals surface area contributed by atoms with Crippen LogP contribution < -0.4 is 10.6 Å². The lowest BCUT2D eigenvalue weighted by Gasteiger charge is -2.08. The lowest BCUT2D eigenvalue weighted by Crippen LogP contribution is -2.20. The minimum atomic E-state index is -0.394. The van der Waals surface area contributed by atoms with Crippen LogP contribution in [0.15, 0.2) is 36.4 Å². The molecule has 0 spiro atoms. The van der Waals surface area contributed by atoms with E-state index in [0.29, 0.717) is 33.1 Å². The lowest BCUT2D eigenvalue weighted by atomic mass is 10.2. The van der Waals surface area contributed by atoms with Gasteiger partial charge in [0.15, 0.2) is 10.9 Å². The molecule has 0 aliphatic carbocycles. The van der Waals surface area contributed by atoms with Gasteiger partial charge in [0.05, 0.1) is 19.2 Å². The van der Waals surface area contributed by atoms with E-state index in [2.05, 4.69) is 15.7 Å². The minimum Gasteiger partial charge on any atom is -0.465 e. The Labute approximate surface area is 183 Å². The maximum atomic E-state index is 12.0. The first kappa shape index (κ1) is 21.3. The monoisotopic (exact) mass is 448 g/mol. The third-order valence-corrected chi connectivity index (χ3v) is 5.88. The number of carbonyl (C=O) groups is 1. The Hall–Kier alpha value is -2.42. The summed E-state index contributed by atoms with van der Waals surface area (Å²) in [6, 6.07) is 11.4. The smallest absolute Gasteiger partial charge is 0.340 e. The highest BCUT2D eigenvalue weighted by Crippen LogP contribution is 2.29. The maximum absolute atomic E-state index is 12.0. The number of carbonyl (C=O) groups excluding carboxylic acids is 1. The summed E-state index contributed by atoms with van der Waals surface area (Å²) in [5.74, 6) is 0.232. The molecule has 0 unspecified atom stereocenters. The standard InChI is InChI=1S/C20H21ClN4O2S2/c1-4-15-10-16(19(26)27-3)18(29-15)23-20(28)22-17-9-12(2)25(24-17)11-13-5-7-14(21)8-6-13/h5-10H,4,11H2,1-3H3,(H2,22,23,24,28). The molecule has 0 radical (unpaired) electrons. The van der Waals surface area contributed by atoms with E-state index in [1.54, 1.807) is 0 Å². The van der Waals surface area contributed by atoms with Gasteiger partial charge in [-0.2, -0.15) is 5.10 Å². The second-order valence-electron chi connectivity index (χ2n) is 6.33. The van der Waals surface area contributed by atoms with Crippen molar-refractivity contribution in [3.8, 4) is 0 Å². The second kappa shape index (κ2) is 9.39. The zero-order valence-electron chi connectivity index (χ0n) is 16.3. The summed E-state index contributed by atoms with van der Waals surface area (Å²) < 4.78 is 6.74. The fourth-order valence-electron chi connectivity index (χ4n) is 2.72. The van der Waals surface area contributed by atoms with Crippen LogP contribution in [0.1, 0.15) is 33.4 Å². The molecule has 0 aliphatic heterocycles. The number of anilines is 2. The Balaban J connectivity index is 1.69. The molecule has 0 saturated carbocycles. The van der Waals surface area contributed by atoms with Crippen molar-refractivity contribution in [3.05, 3.63) is 63.1 Å². The molecule has 0 aliphatic rings. The van der Waals surface area contributed by atoms with Gasteiger partial charge >= 0.3 is 5.97 Å². The molecule has 2 heterocycles. The molecule has 3 aromatic rings. The van der Waals surface area contributed by atoms with Gasteiger partial charge in [0.1, 0.15) is 5.00 Å². The summed E-state index contributed by atoms with van der Waals surface area (Å²) in [7, 11) is 1.36. The molecular weight excluding hydrogens is 428 g/mol. The number of aryl methyl sites for hydroxylation is 2. The Bertz CT molecular complexity index is 1030. The van der Waals surface area contributed by atoms with Crippen LogP contribution in [0.3, 0.4) is 0 Å². The van der Waals surface area contributed by atoms with E-state index >= 15 is 0 Å². The van der Waals surface area contributed by atoms with E-state index in [-0.39, 0.29) is 0 Å². The number of nitrogens with one attached hydrogen (secondary N) is 2. The quantitative estimate of drug-likeness (QED) is 0.403. The first-order valence-electron chi connectivity index (χ1n) is 8.97. The van der Waals surface area contributed by atoms with Gasteiger partial charge in [0, 0.05) is 21.7 Å². The molecule has 0 bridgehead atoms. The lowest BCUT2D eigenvalue weighted by molar-refractivity contribution is 0.0602. The second-order valence-corrected chi connectivity index (χ2v) is 8.32. The number of aromatic nitrogens is 2. The van der Waals surface area contributed by atoms with Crippen LogP contribution in [0, 0.1) is 6.92 Å². The van der Waals surface area contributed by atoms with E-state index < -0.39 is 5.97 Å². The van der Waals surface area contributed by atoms with Crippen molar-refractivity contribution >= 4 is 57.1 Å². The molecule has 9 heteroatoms. The van der Waals surface area contributed by atoms with Crippen LogP contribution in [0.5, 0.6) is 0 Å². The number of methoxy groups -OCH3 is 1. The molecule has 0 fully saturated rings. The van der Waals surface area contributed by atoms with Crippen LogP contribution >= 0.6 is 35.2 Å². The van der Waals surface area contributed by atoms with Crippen molar-refractivity contribution < 1.29 is 9.53 Å². The fourth-order valence-corrected chi connectivity index (χ4v) is 4.10. The molecule has 6 nitrogen and oxygen atoms in total. The number of hydrogen-bond donors (Lipinski definition) is 2. The topological polar surface area (TPSA) is 68.2 Å². The normalized spacial score (nSPS) is 10.6. The van der Waals surface area contributed by atoms with Crippen molar-refractivity contribution in [1.29, 1.82) is 0 Å². The number of thiophene rings is 1. The number of nitrogens with zero attached hydrogens (tertiary/aromatic N) is 2. The van der Waals surface area contributed by atoms with Crippen molar-refractivity contribution in [3.63, 3.8) is 0 Å². The predicted molar refractivity (Wildman–Crippen MR) is 122 cm³/mol. The third kappa shape index (κ3) is 5.35. The summed E-state index contributed by atoms with van der Waals surface area (Å²) in [6.07, 6.45) is 0.824. The van der Waals surface area contributed by atoms with Gasteiger partial charge in [0.25, 0.3) is 0 Å². The highest BCUT2D eigenvalue weighted by molar-refractivity contribution is 7.80. The van der Waals surface area contributed by atoms with E-state index in [9.17, 15) is 4.79 Å². The van der Waals surface area contributed by atoms with Crippen molar-refractivity contribution in [1.82, 2.24) is 9.78 Å². The molecule has 2 N–H and O–H groups in total. The van der Waals surface area contributed by atoms with Gasteiger partial charge in [0.2, 0.25) is 0 Å². The van der Waals surface area contributed by atoms with Gasteiger partial charge in [-0.3, -0.25) is 4.68 Å². The van der Waals surface area contributed by atoms with Gasteiger partial charge in [-0.15, -0.1) is 11.3 Å². The van der Waals surface area contributed by atoms with Gasteiger partial charge in [-0.1, -0.05) is 30.7 Å². The molecule has 0 saturated heterocycles. The molecule has 152 valence electrons. The summed E-state index contributed by atoms with van der Waals surface area (Å²) in [6.45, 7) is 4.64. The highest BCUT2D eigenvalue weighted by atomic mass is 35.5. The summed E-state index contributed by atoms with van der Waals surface area (Å²) in [5, 5.41) is 12.4. The van der Waals surface area contributed by atoms with Crippen molar-refractivity contribution in [2.75, 3.05) is 17.7 Å². The van der Waals surface area contributed by atoms with Gasteiger partial charge in [-0.25, -0.2) is 4.79 Å². The summed E-state index contributed by atoms with van der Waals surface area (Å²) in [5.41, 5.74) is 2.56. The number of benzene rings is 1. The Kier molecular flexibility index (Phi) is 6.89. The van der Waals surface area contributed by atoms with E-state index in [1.807, 2.05) is 54.9 Å². The molecule has 0 atom stereocenters. The molecule has 2 aromatic heterocycles. The molecule has 3 rings (SSSR count). The number of rotatable bonds is 6. The first-order chi connectivity index (χ1) is 13.9. The van der Waals surface area contributed by atoms with Gasteiger partial charge < -0.3 is 15.4 Å². The molecular formula is C20H21ClN4O2S2. The number of ether oxygens (including phenoxy) is 1. The summed E-state index contributed by atoms with van der Waals surface area (Å²) in [4.78, 5) is 13.1. The average Bonchev–Trinajstić information content (AvgIpc) is 3.25. The largest absolute Gasteiger partial charge is 0.465 e. The summed E-state index contributed by atoms with van der Waals surface area (Å²) >= 11 is 12.8. The number of thiocarbonyl (C=S) groups is 1. The van der Waals surface area contributed by atoms with Crippen molar-refractivity contribution in [2.45, 2.75) is 26.8 Å². The molecule has 0 amide bonds. The third-order valence-electron chi connectivity index (χ3n) is 4.23. The first-order valence-corrected chi connectivity index (χ1v) is 10.6. The maximum Gasteiger partial charge on any atom is 0.340 e. The van der Waals surface area contributed by atoms with Crippen LogP contribution in [-0.2, 0) is 17.7 Å². The van der Waals surface area contributed by atoms with Crippen LogP contribution in [-0.4, -0.2) is 28.0 Å². The fraction of sp³-hybridized carbons (Fsp3) is 0.250. The number of halogens is 1. The Morgan fingerprint density at radius 2 is 2.00 bits per heavy atom. The van der Waals surface area contributed by atoms with Crippen LogP contribution in [0.2, 0.25) is 5.02 Å². The minimum absolute atomic E-state index is 0.357. The van der Waals surface area contributed by atoms with Crippen LogP contribution in [0.25, 0.3) is 0 Å². The van der Waals surface area contributed by atoms with Gasteiger partial charge in [-0.05, 0) is 49.3 Å². The molecule has 1 aromatic carbocycles. The number of hydrogen-bond acceptors (Lipinski definition) is 5. The highest BCUT2D eigenvalue weighted by Gasteiger charge is 2.17. The zero-order chi connectivity index (χ0) is 21.0. The zero-order valence-corrected chi connectivity index (χ0v) is 18.7. The van der Waals surface area contributed by atoms with E-state index in [1.165, 1.54) is 18.4 Å².